The first-order valence-corrected chi connectivity index (χ1v) is 7.00. The van der Waals surface area contributed by atoms with Crippen LogP contribution in [0.5, 0.6) is 0 Å². The Morgan fingerprint density at radius 3 is 2.56 bits per heavy atom. The second-order valence-electron chi connectivity index (χ2n) is 3.96. The minimum Gasteiger partial charge on any atom is -0.343 e. The van der Waals surface area contributed by atoms with Gasteiger partial charge in [0.05, 0.1) is 5.75 Å². The Balaban J connectivity index is 2.54. The largest absolute Gasteiger partial charge is 0.343 e. The van der Waals surface area contributed by atoms with Crippen LogP contribution in [-0.4, -0.2) is 47.4 Å². The molecule has 16 heavy (non-hydrogen) atoms. The summed E-state index contributed by atoms with van der Waals surface area (Å²) in [5.74, 6) is 1.23. The lowest BCUT2D eigenvalue weighted by Gasteiger charge is -2.29. The molecule has 1 atom stereocenters. The van der Waals surface area contributed by atoms with Crippen LogP contribution in [0.25, 0.3) is 0 Å². The fourth-order valence-electron chi connectivity index (χ4n) is 1.77. The van der Waals surface area contributed by atoms with Crippen LogP contribution in [0.3, 0.4) is 0 Å². The third-order valence-corrected chi connectivity index (χ3v) is 3.49. The Bertz CT molecular complexity index is 252. The highest BCUT2D eigenvalue weighted by Gasteiger charge is 2.28. The summed E-state index contributed by atoms with van der Waals surface area (Å²) in [5, 5.41) is 2.76. The molecular weight excluding hydrogens is 224 g/mol. The molecule has 92 valence electrons. The summed E-state index contributed by atoms with van der Waals surface area (Å²) >= 11 is 1.53. The number of thioether (sulfide) groups is 1. The normalized spacial score (nSPS) is 20.4. The van der Waals surface area contributed by atoms with Gasteiger partial charge in [0, 0.05) is 18.8 Å². The maximum absolute atomic E-state index is 12.1. The molecule has 0 aromatic carbocycles. The molecule has 0 saturated carbocycles. The summed E-state index contributed by atoms with van der Waals surface area (Å²) < 4.78 is 0. The van der Waals surface area contributed by atoms with Gasteiger partial charge in [-0.25, -0.2) is 0 Å². The van der Waals surface area contributed by atoms with E-state index in [1.54, 1.807) is 0 Å². The topological polar surface area (TPSA) is 49.4 Å². The Kier molecular flexibility index (Phi) is 5.66. The van der Waals surface area contributed by atoms with Crippen molar-refractivity contribution in [3.63, 3.8) is 0 Å². The SMILES string of the molecule is CCCN(CCC)C(=O)C1CSCC(=O)N1. The summed E-state index contributed by atoms with van der Waals surface area (Å²) in [7, 11) is 0. The van der Waals surface area contributed by atoms with Crippen molar-refractivity contribution < 1.29 is 9.59 Å². The number of nitrogens with zero attached hydrogens (tertiary/aromatic N) is 1. The zero-order chi connectivity index (χ0) is 12.0. The minimum atomic E-state index is -0.315. The van der Waals surface area contributed by atoms with E-state index in [0.717, 1.165) is 25.9 Å². The summed E-state index contributed by atoms with van der Waals surface area (Å²) in [6, 6.07) is -0.315. The van der Waals surface area contributed by atoms with Gasteiger partial charge in [0.15, 0.2) is 0 Å². The van der Waals surface area contributed by atoms with E-state index in [2.05, 4.69) is 19.2 Å². The standard InChI is InChI=1S/C11H20N2O2S/c1-3-5-13(6-4-2)11(15)9-7-16-8-10(14)12-9/h9H,3-8H2,1-2H3,(H,12,14). The summed E-state index contributed by atoms with van der Waals surface area (Å²) in [6.45, 7) is 5.68. The number of carbonyl (C=O) groups is 2. The van der Waals surface area contributed by atoms with Crippen LogP contribution < -0.4 is 5.32 Å². The van der Waals surface area contributed by atoms with Gasteiger partial charge in [-0.2, -0.15) is 0 Å². The van der Waals surface area contributed by atoms with Crippen molar-refractivity contribution >= 4 is 23.6 Å². The van der Waals surface area contributed by atoms with E-state index < -0.39 is 0 Å². The maximum atomic E-state index is 12.1. The van der Waals surface area contributed by atoms with Gasteiger partial charge in [0.1, 0.15) is 6.04 Å². The fourth-order valence-corrected chi connectivity index (χ4v) is 2.62. The molecule has 0 aromatic rings. The number of carbonyl (C=O) groups excluding carboxylic acids is 2. The molecule has 2 amide bonds. The van der Waals surface area contributed by atoms with Crippen molar-refractivity contribution in [2.45, 2.75) is 32.7 Å². The van der Waals surface area contributed by atoms with Gasteiger partial charge in [-0.05, 0) is 12.8 Å². The molecular formula is C11H20N2O2S. The number of rotatable bonds is 5. The van der Waals surface area contributed by atoms with Gasteiger partial charge < -0.3 is 10.2 Å². The molecule has 0 bridgehead atoms. The van der Waals surface area contributed by atoms with Gasteiger partial charge in [-0.15, -0.1) is 11.8 Å². The van der Waals surface area contributed by atoms with Gasteiger partial charge in [-0.1, -0.05) is 13.8 Å². The maximum Gasteiger partial charge on any atom is 0.246 e. The summed E-state index contributed by atoms with van der Waals surface area (Å²) in [4.78, 5) is 25.2. The molecule has 1 heterocycles. The summed E-state index contributed by atoms with van der Waals surface area (Å²) in [5.41, 5.74) is 0. The molecule has 1 saturated heterocycles. The van der Waals surface area contributed by atoms with Crippen molar-refractivity contribution in [3.8, 4) is 0 Å². The molecule has 1 aliphatic rings. The molecule has 1 fully saturated rings. The second-order valence-corrected chi connectivity index (χ2v) is 4.99. The van der Waals surface area contributed by atoms with Crippen LogP contribution in [0, 0.1) is 0 Å². The number of hydrogen-bond acceptors (Lipinski definition) is 3. The first kappa shape index (κ1) is 13.4. The summed E-state index contributed by atoms with van der Waals surface area (Å²) in [6.07, 6.45) is 1.92. The second kappa shape index (κ2) is 6.78. The molecule has 0 aromatic heterocycles. The first-order valence-electron chi connectivity index (χ1n) is 5.85. The lowest BCUT2D eigenvalue weighted by Crippen LogP contribution is -2.53. The monoisotopic (exact) mass is 244 g/mol. The van der Waals surface area contributed by atoms with E-state index in [4.69, 9.17) is 0 Å². The molecule has 0 aliphatic carbocycles. The Morgan fingerprint density at radius 2 is 2.06 bits per heavy atom. The first-order chi connectivity index (χ1) is 7.69. The number of amides is 2. The van der Waals surface area contributed by atoms with E-state index >= 15 is 0 Å². The van der Waals surface area contributed by atoms with Crippen LogP contribution in [0.2, 0.25) is 0 Å². The highest BCUT2D eigenvalue weighted by Crippen LogP contribution is 2.11. The average molecular weight is 244 g/mol. The fraction of sp³-hybridized carbons (Fsp3) is 0.818. The lowest BCUT2D eigenvalue weighted by atomic mass is 10.2. The predicted molar refractivity (Wildman–Crippen MR) is 66.4 cm³/mol. The van der Waals surface area contributed by atoms with E-state index in [-0.39, 0.29) is 17.9 Å². The molecule has 4 nitrogen and oxygen atoms in total. The molecule has 1 unspecified atom stereocenters. The molecule has 1 aliphatic heterocycles. The molecule has 5 heteroatoms. The van der Waals surface area contributed by atoms with Gasteiger partial charge in [-0.3, -0.25) is 9.59 Å². The average Bonchev–Trinajstić information content (AvgIpc) is 2.28. The van der Waals surface area contributed by atoms with Crippen molar-refractivity contribution in [2.24, 2.45) is 0 Å². The van der Waals surface area contributed by atoms with Crippen LogP contribution in [0.15, 0.2) is 0 Å². The molecule has 1 rings (SSSR count). The van der Waals surface area contributed by atoms with E-state index in [0.29, 0.717) is 11.5 Å². The zero-order valence-electron chi connectivity index (χ0n) is 9.99. The van der Waals surface area contributed by atoms with Crippen LogP contribution >= 0.6 is 11.8 Å². The lowest BCUT2D eigenvalue weighted by molar-refractivity contribution is -0.135. The molecule has 0 radical (unpaired) electrons. The number of nitrogens with one attached hydrogen (secondary N) is 1. The van der Waals surface area contributed by atoms with Crippen molar-refractivity contribution in [1.82, 2.24) is 10.2 Å². The van der Waals surface area contributed by atoms with Crippen molar-refractivity contribution in [1.29, 1.82) is 0 Å². The Hall–Kier alpha value is -0.710. The smallest absolute Gasteiger partial charge is 0.246 e. The quantitative estimate of drug-likeness (QED) is 0.780. The van der Waals surface area contributed by atoms with Crippen LogP contribution in [-0.2, 0) is 9.59 Å². The van der Waals surface area contributed by atoms with Crippen molar-refractivity contribution in [2.75, 3.05) is 24.6 Å². The highest BCUT2D eigenvalue weighted by atomic mass is 32.2. The Morgan fingerprint density at radius 1 is 1.44 bits per heavy atom. The van der Waals surface area contributed by atoms with Gasteiger partial charge >= 0.3 is 0 Å². The van der Waals surface area contributed by atoms with Crippen molar-refractivity contribution in [3.05, 3.63) is 0 Å². The number of hydrogen-bond donors (Lipinski definition) is 1. The van der Waals surface area contributed by atoms with E-state index in [1.165, 1.54) is 11.8 Å². The highest BCUT2D eigenvalue weighted by molar-refractivity contribution is 8.00. The molecule has 0 spiro atoms. The predicted octanol–water partition coefficient (Wildman–Crippen LogP) is 0.867. The van der Waals surface area contributed by atoms with Gasteiger partial charge in [0.2, 0.25) is 11.8 Å². The minimum absolute atomic E-state index is 0.0254. The van der Waals surface area contributed by atoms with Gasteiger partial charge in [0.25, 0.3) is 0 Å². The third kappa shape index (κ3) is 3.70. The third-order valence-electron chi connectivity index (χ3n) is 2.45. The zero-order valence-corrected chi connectivity index (χ0v) is 10.8. The van der Waals surface area contributed by atoms with Crippen LogP contribution in [0.4, 0.5) is 0 Å². The van der Waals surface area contributed by atoms with Crippen LogP contribution in [0.1, 0.15) is 26.7 Å². The van der Waals surface area contributed by atoms with E-state index in [1.807, 2.05) is 4.90 Å². The van der Waals surface area contributed by atoms with E-state index in [9.17, 15) is 9.59 Å². The molecule has 1 N–H and O–H groups in total. The Labute approximate surface area is 101 Å².